The number of likely N-dealkylation sites (N-methyl/N-ethyl adjacent to an activating group) is 1. The van der Waals surface area contributed by atoms with E-state index in [-0.39, 0.29) is 11.6 Å². The molecule has 122 valence electrons. The van der Waals surface area contributed by atoms with Gasteiger partial charge in [0, 0.05) is 31.6 Å². The van der Waals surface area contributed by atoms with Crippen molar-refractivity contribution in [2.75, 3.05) is 25.5 Å². The summed E-state index contributed by atoms with van der Waals surface area (Å²) in [6.07, 6.45) is 1.56. The zero-order valence-electron chi connectivity index (χ0n) is 12.8. The number of aromatic nitrogens is 2. The van der Waals surface area contributed by atoms with Crippen LogP contribution in [-0.4, -0.2) is 40.1 Å². The fraction of sp³-hybridized carbons (Fsp3) is 0.375. The maximum absolute atomic E-state index is 13.5. The third-order valence-corrected chi connectivity index (χ3v) is 4.29. The number of benzene rings is 1. The fourth-order valence-electron chi connectivity index (χ4n) is 2.66. The molecule has 0 unspecified atom stereocenters. The van der Waals surface area contributed by atoms with E-state index in [0.717, 1.165) is 36.6 Å². The average molecular weight is 337 g/mol. The minimum Gasteiger partial charge on any atom is -0.387 e. The van der Waals surface area contributed by atoms with Crippen molar-refractivity contribution in [2.24, 2.45) is 0 Å². The smallest absolute Gasteiger partial charge is 0.142 e. The number of fused-ring (bicyclic) bond motifs is 1. The molecule has 0 saturated carbocycles. The Balaban J connectivity index is 1.72. The molecule has 3 rings (SSSR count). The number of aliphatic hydroxyl groups is 1. The van der Waals surface area contributed by atoms with Gasteiger partial charge in [-0.15, -0.1) is 0 Å². The van der Waals surface area contributed by atoms with Crippen LogP contribution in [0.1, 0.15) is 22.9 Å². The Bertz CT molecular complexity index is 712. The predicted octanol–water partition coefficient (Wildman–Crippen LogP) is 2.40. The number of hydrogen-bond donors (Lipinski definition) is 2. The van der Waals surface area contributed by atoms with E-state index < -0.39 is 11.9 Å². The van der Waals surface area contributed by atoms with Gasteiger partial charge in [0.2, 0.25) is 0 Å². The van der Waals surface area contributed by atoms with Gasteiger partial charge in [-0.2, -0.15) is 0 Å². The van der Waals surface area contributed by atoms with Gasteiger partial charge in [0.1, 0.15) is 18.0 Å². The lowest BCUT2D eigenvalue weighted by Gasteiger charge is -2.26. The molecule has 0 fully saturated rings. The topological polar surface area (TPSA) is 61.3 Å². The van der Waals surface area contributed by atoms with Crippen molar-refractivity contribution in [3.05, 3.63) is 52.2 Å². The Morgan fingerprint density at radius 3 is 3.04 bits per heavy atom. The van der Waals surface area contributed by atoms with Crippen LogP contribution >= 0.6 is 11.6 Å². The summed E-state index contributed by atoms with van der Waals surface area (Å²) >= 11 is 5.66. The first-order chi connectivity index (χ1) is 11.0. The molecule has 0 amide bonds. The Hall–Kier alpha value is -1.76. The lowest BCUT2D eigenvalue weighted by Crippen LogP contribution is -2.29. The van der Waals surface area contributed by atoms with Crippen LogP contribution in [0, 0.1) is 5.82 Å². The van der Waals surface area contributed by atoms with Crippen molar-refractivity contribution in [1.29, 1.82) is 0 Å². The number of nitrogens with zero attached hydrogens (tertiary/aromatic N) is 3. The summed E-state index contributed by atoms with van der Waals surface area (Å²) in [5, 5.41) is 13.4. The minimum absolute atomic E-state index is 0.0433. The molecule has 1 aromatic carbocycles. The number of rotatable bonds is 4. The average Bonchev–Trinajstić information content (AvgIpc) is 2.55. The maximum Gasteiger partial charge on any atom is 0.142 e. The molecular formula is C16H18ClFN4O. The summed E-state index contributed by atoms with van der Waals surface area (Å²) in [5.41, 5.74) is 2.56. The molecule has 0 radical (unpaired) electrons. The number of halogens is 2. The highest BCUT2D eigenvalue weighted by Gasteiger charge is 2.19. The van der Waals surface area contributed by atoms with E-state index in [1.807, 2.05) is 7.05 Å². The van der Waals surface area contributed by atoms with Crippen molar-refractivity contribution >= 4 is 17.4 Å². The molecule has 2 aromatic rings. The van der Waals surface area contributed by atoms with Gasteiger partial charge in [-0.3, -0.25) is 0 Å². The first kappa shape index (κ1) is 16.1. The third-order valence-electron chi connectivity index (χ3n) is 3.98. The van der Waals surface area contributed by atoms with Crippen LogP contribution in [-0.2, 0) is 13.0 Å². The van der Waals surface area contributed by atoms with E-state index in [4.69, 9.17) is 11.6 Å². The second-order valence-electron chi connectivity index (χ2n) is 5.71. The molecule has 0 bridgehead atoms. The van der Waals surface area contributed by atoms with Crippen LogP contribution in [0.2, 0.25) is 5.02 Å². The van der Waals surface area contributed by atoms with Crippen molar-refractivity contribution in [3.8, 4) is 0 Å². The largest absolute Gasteiger partial charge is 0.387 e. The first-order valence-corrected chi connectivity index (χ1v) is 7.80. The second kappa shape index (κ2) is 6.78. The Morgan fingerprint density at radius 1 is 1.43 bits per heavy atom. The van der Waals surface area contributed by atoms with Crippen molar-refractivity contribution in [2.45, 2.75) is 19.1 Å². The quantitative estimate of drug-likeness (QED) is 0.897. The lowest BCUT2D eigenvalue weighted by molar-refractivity contribution is 0.191. The zero-order valence-corrected chi connectivity index (χ0v) is 13.5. The standard InChI is InChI=1S/C16H18ClFN4O/c1-22-5-4-14-11(8-22)16(21-9-20-14)19-7-15(23)10-2-3-12(17)13(18)6-10/h2-3,6,9,15,23H,4-5,7-8H2,1H3,(H,19,20,21)/t15-/m1/s1. The Labute approximate surface area is 139 Å². The van der Waals surface area contributed by atoms with Crippen LogP contribution in [0.3, 0.4) is 0 Å². The molecule has 2 heterocycles. The van der Waals surface area contributed by atoms with Gasteiger partial charge < -0.3 is 15.3 Å². The summed E-state index contributed by atoms with van der Waals surface area (Å²) < 4.78 is 13.5. The highest BCUT2D eigenvalue weighted by Crippen LogP contribution is 2.24. The van der Waals surface area contributed by atoms with Gasteiger partial charge >= 0.3 is 0 Å². The first-order valence-electron chi connectivity index (χ1n) is 7.43. The highest BCUT2D eigenvalue weighted by molar-refractivity contribution is 6.30. The Kier molecular flexibility index (Phi) is 4.75. The van der Waals surface area contributed by atoms with Crippen molar-refractivity contribution in [1.82, 2.24) is 14.9 Å². The minimum atomic E-state index is -0.853. The summed E-state index contributed by atoms with van der Waals surface area (Å²) in [4.78, 5) is 10.8. The summed E-state index contributed by atoms with van der Waals surface area (Å²) in [7, 11) is 2.05. The molecule has 0 aliphatic carbocycles. The summed E-state index contributed by atoms with van der Waals surface area (Å²) in [6.45, 7) is 1.97. The molecule has 0 saturated heterocycles. The van der Waals surface area contributed by atoms with E-state index >= 15 is 0 Å². The highest BCUT2D eigenvalue weighted by atomic mass is 35.5. The van der Waals surface area contributed by atoms with Crippen LogP contribution in [0.5, 0.6) is 0 Å². The summed E-state index contributed by atoms with van der Waals surface area (Å²) in [5.74, 6) is 0.180. The monoisotopic (exact) mass is 336 g/mol. The van der Waals surface area contributed by atoms with Gasteiger partial charge in [0.25, 0.3) is 0 Å². The molecule has 1 aliphatic rings. The lowest BCUT2D eigenvalue weighted by atomic mass is 10.1. The summed E-state index contributed by atoms with van der Waals surface area (Å²) in [6, 6.07) is 4.30. The number of hydrogen-bond acceptors (Lipinski definition) is 5. The SMILES string of the molecule is CN1CCc2ncnc(NC[C@@H](O)c3ccc(Cl)c(F)c3)c2C1. The van der Waals surface area contributed by atoms with Gasteiger partial charge in [0.15, 0.2) is 0 Å². The van der Waals surface area contributed by atoms with Crippen LogP contribution in [0.15, 0.2) is 24.5 Å². The number of anilines is 1. The van der Waals surface area contributed by atoms with Crippen LogP contribution in [0.4, 0.5) is 10.2 Å². The molecule has 23 heavy (non-hydrogen) atoms. The molecule has 5 nitrogen and oxygen atoms in total. The third kappa shape index (κ3) is 3.60. The van der Waals surface area contributed by atoms with E-state index in [1.165, 1.54) is 18.5 Å². The molecule has 1 aromatic heterocycles. The molecule has 1 atom stereocenters. The van der Waals surface area contributed by atoms with Gasteiger partial charge in [-0.05, 0) is 24.7 Å². The van der Waals surface area contributed by atoms with Crippen molar-refractivity contribution in [3.63, 3.8) is 0 Å². The molecule has 0 spiro atoms. The second-order valence-corrected chi connectivity index (χ2v) is 6.11. The Morgan fingerprint density at radius 2 is 2.26 bits per heavy atom. The van der Waals surface area contributed by atoms with Crippen molar-refractivity contribution < 1.29 is 9.50 Å². The zero-order chi connectivity index (χ0) is 16.4. The molecule has 2 N–H and O–H groups in total. The normalized spacial score (nSPS) is 16.0. The van der Waals surface area contributed by atoms with Crippen LogP contribution < -0.4 is 5.32 Å². The molecule has 7 heteroatoms. The van der Waals surface area contributed by atoms with E-state index in [0.29, 0.717) is 5.56 Å². The number of nitrogens with one attached hydrogen (secondary N) is 1. The van der Waals surface area contributed by atoms with E-state index in [2.05, 4.69) is 20.2 Å². The maximum atomic E-state index is 13.5. The van der Waals surface area contributed by atoms with Gasteiger partial charge in [0.05, 0.1) is 16.8 Å². The van der Waals surface area contributed by atoms with Gasteiger partial charge in [-0.25, -0.2) is 14.4 Å². The number of aliphatic hydroxyl groups excluding tert-OH is 1. The van der Waals surface area contributed by atoms with Crippen LogP contribution in [0.25, 0.3) is 0 Å². The van der Waals surface area contributed by atoms with E-state index in [1.54, 1.807) is 6.07 Å². The molecular weight excluding hydrogens is 319 g/mol. The van der Waals surface area contributed by atoms with Gasteiger partial charge in [-0.1, -0.05) is 17.7 Å². The fourth-order valence-corrected chi connectivity index (χ4v) is 2.78. The molecule has 1 aliphatic heterocycles. The predicted molar refractivity (Wildman–Crippen MR) is 86.9 cm³/mol. The van der Waals surface area contributed by atoms with E-state index in [9.17, 15) is 9.50 Å².